The summed E-state index contributed by atoms with van der Waals surface area (Å²) in [4.78, 5) is 28.6. The first-order chi connectivity index (χ1) is 9.72. The molecule has 0 aliphatic heterocycles. The summed E-state index contributed by atoms with van der Waals surface area (Å²) in [6, 6.07) is 0. The molecular formula is C13H20N4O4. The van der Waals surface area contributed by atoms with Gasteiger partial charge in [-0.1, -0.05) is 0 Å². The molecule has 0 unspecified atom stereocenters. The Morgan fingerprint density at radius 1 is 1.33 bits per heavy atom. The Kier molecular flexibility index (Phi) is 4.02. The molecule has 0 saturated heterocycles. The van der Waals surface area contributed by atoms with Crippen LogP contribution in [0.2, 0.25) is 0 Å². The van der Waals surface area contributed by atoms with Gasteiger partial charge < -0.3 is 14.4 Å². The van der Waals surface area contributed by atoms with Crippen molar-refractivity contribution in [2.45, 2.75) is 26.0 Å². The van der Waals surface area contributed by atoms with Gasteiger partial charge in [-0.15, -0.1) is 0 Å². The fourth-order valence-electron chi connectivity index (χ4n) is 2.07. The second-order valence-corrected chi connectivity index (χ2v) is 5.69. The lowest BCUT2D eigenvalue weighted by Gasteiger charge is -2.17. The molecule has 0 radical (unpaired) electrons. The number of rotatable bonds is 5. The van der Waals surface area contributed by atoms with Crippen molar-refractivity contribution in [3.63, 3.8) is 0 Å². The molecule has 0 spiro atoms. The Balaban J connectivity index is 2.30. The molecule has 8 heteroatoms. The largest absolute Gasteiger partial charge is 0.388 e. The normalized spacial score (nSPS) is 12.2. The van der Waals surface area contributed by atoms with Crippen LogP contribution in [0.4, 0.5) is 0 Å². The quantitative estimate of drug-likeness (QED) is 0.731. The molecule has 0 aromatic carbocycles. The molecule has 0 fully saturated rings. The van der Waals surface area contributed by atoms with Gasteiger partial charge in [0.2, 0.25) is 0 Å². The summed E-state index contributed by atoms with van der Waals surface area (Å²) < 4.78 is 9.34. The first kappa shape index (κ1) is 15.5. The molecule has 2 heterocycles. The van der Waals surface area contributed by atoms with Crippen molar-refractivity contribution in [1.82, 2.24) is 18.7 Å². The summed E-state index contributed by atoms with van der Waals surface area (Å²) in [5.41, 5.74) is -1.03. The molecule has 0 aliphatic carbocycles. The van der Waals surface area contributed by atoms with Gasteiger partial charge in [0, 0.05) is 14.1 Å². The van der Waals surface area contributed by atoms with Gasteiger partial charge in [0.15, 0.2) is 11.2 Å². The van der Waals surface area contributed by atoms with E-state index in [9.17, 15) is 14.7 Å². The van der Waals surface area contributed by atoms with Crippen molar-refractivity contribution < 1.29 is 9.84 Å². The van der Waals surface area contributed by atoms with E-state index in [1.807, 2.05) is 0 Å². The van der Waals surface area contributed by atoms with E-state index in [2.05, 4.69) is 4.98 Å². The molecule has 2 rings (SSSR count). The van der Waals surface area contributed by atoms with Gasteiger partial charge in [-0.2, -0.15) is 0 Å². The molecule has 0 bridgehead atoms. The van der Waals surface area contributed by atoms with Gasteiger partial charge in [-0.25, -0.2) is 9.78 Å². The van der Waals surface area contributed by atoms with E-state index in [0.29, 0.717) is 11.2 Å². The van der Waals surface area contributed by atoms with Crippen LogP contribution in [-0.4, -0.2) is 42.6 Å². The van der Waals surface area contributed by atoms with E-state index in [1.54, 1.807) is 32.5 Å². The zero-order valence-corrected chi connectivity index (χ0v) is 12.7. The van der Waals surface area contributed by atoms with Crippen molar-refractivity contribution in [1.29, 1.82) is 0 Å². The zero-order chi connectivity index (χ0) is 15.8. The smallest absolute Gasteiger partial charge is 0.332 e. The third-order valence-corrected chi connectivity index (χ3v) is 3.12. The van der Waals surface area contributed by atoms with Gasteiger partial charge in [-0.05, 0) is 13.8 Å². The number of ether oxygens (including phenoxy) is 1. The van der Waals surface area contributed by atoms with Gasteiger partial charge in [0.1, 0.15) is 0 Å². The van der Waals surface area contributed by atoms with Crippen LogP contribution in [0.3, 0.4) is 0 Å². The highest BCUT2D eigenvalue weighted by Gasteiger charge is 2.15. The van der Waals surface area contributed by atoms with Crippen LogP contribution in [0.25, 0.3) is 11.2 Å². The van der Waals surface area contributed by atoms with Crippen molar-refractivity contribution in [3.8, 4) is 0 Å². The minimum Gasteiger partial charge on any atom is -0.388 e. The Hall–Kier alpha value is -1.93. The highest BCUT2D eigenvalue weighted by Crippen LogP contribution is 2.03. The molecule has 0 saturated carbocycles. The van der Waals surface area contributed by atoms with E-state index in [0.717, 1.165) is 4.57 Å². The second-order valence-electron chi connectivity index (χ2n) is 5.69. The molecular weight excluding hydrogens is 276 g/mol. The average molecular weight is 296 g/mol. The number of aryl methyl sites for hydroxylation is 2. The van der Waals surface area contributed by atoms with Crippen LogP contribution in [0.15, 0.2) is 15.9 Å². The molecule has 0 amide bonds. The number of hydrogen-bond donors (Lipinski definition) is 1. The molecule has 21 heavy (non-hydrogen) atoms. The Bertz CT molecular complexity index is 763. The van der Waals surface area contributed by atoms with Crippen LogP contribution in [0.1, 0.15) is 13.8 Å². The molecule has 8 nitrogen and oxygen atoms in total. The molecule has 2 aromatic rings. The standard InChI is InChI=1S/C13H20N4O4/c1-13(2,20)7-21-6-5-17-11(18)9-10(14-8-15(9)3)16(4)12(17)19/h8,20H,5-7H2,1-4H3. The minimum atomic E-state index is -0.943. The lowest BCUT2D eigenvalue weighted by Crippen LogP contribution is -2.40. The molecule has 2 aromatic heterocycles. The van der Waals surface area contributed by atoms with Crippen LogP contribution < -0.4 is 11.2 Å². The Labute approximate surface area is 121 Å². The summed E-state index contributed by atoms with van der Waals surface area (Å²) in [6.45, 7) is 3.68. The maximum Gasteiger partial charge on any atom is 0.332 e. The van der Waals surface area contributed by atoms with E-state index in [-0.39, 0.29) is 25.3 Å². The first-order valence-corrected chi connectivity index (χ1v) is 6.63. The summed E-state index contributed by atoms with van der Waals surface area (Å²) in [7, 11) is 3.28. The van der Waals surface area contributed by atoms with E-state index < -0.39 is 11.3 Å². The van der Waals surface area contributed by atoms with Gasteiger partial charge in [0.05, 0.1) is 31.7 Å². The fraction of sp³-hybridized carbons (Fsp3) is 0.615. The maximum absolute atomic E-state index is 12.4. The molecule has 1 N–H and O–H groups in total. The molecule has 0 aliphatic rings. The number of aliphatic hydroxyl groups is 1. The number of fused-ring (bicyclic) bond motifs is 1. The first-order valence-electron chi connectivity index (χ1n) is 6.63. The van der Waals surface area contributed by atoms with Crippen LogP contribution >= 0.6 is 0 Å². The summed E-state index contributed by atoms with van der Waals surface area (Å²) in [5.74, 6) is 0. The predicted molar refractivity (Wildman–Crippen MR) is 77.3 cm³/mol. The van der Waals surface area contributed by atoms with Gasteiger partial charge in [0.25, 0.3) is 5.56 Å². The highest BCUT2D eigenvalue weighted by molar-refractivity contribution is 5.69. The summed E-state index contributed by atoms with van der Waals surface area (Å²) in [6.07, 6.45) is 1.50. The third kappa shape index (κ3) is 3.06. The van der Waals surface area contributed by atoms with Gasteiger partial charge in [-0.3, -0.25) is 13.9 Å². The van der Waals surface area contributed by atoms with Crippen molar-refractivity contribution in [3.05, 3.63) is 27.2 Å². The Morgan fingerprint density at radius 3 is 2.62 bits per heavy atom. The maximum atomic E-state index is 12.4. The van der Waals surface area contributed by atoms with Crippen LogP contribution in [0.5, 0.6) is 0 Å². The number of nitrogens with zero attached hydrogens (tertiary/aromatic N) is 4. The number of imidazole rings is 1. The Morgan fingerprint density at radius 2 is 2.00 bits per heavy atom. The van der Waals surface area contributed by atoms with Gasteiger partial charge >= 0.3 is 5.69 Å². The fourth-order valence-corrected chi connectivity index (χ4v) is 2.07. The lowest BCUT2D eigenvalue weighted by atomic mass is 10.2. The topological polar surface area (TPSA) is 91.3 Å². The SMILES string of the molecule is Cn1cnc2c1c(=O)n(CCOCC(C)(C)O)c(=O)n2C. The summed E-state index contributed by atoms with van der Waals surface area (Å²) in [5, 5.41) is 9.55. The zero-order valence-electron chi connectivity index (χ0n) is 12.7. The number of hydrogen-bond acceptors (Lipinski definition) is 5. The van der Waals surface area contributed by atoms with E-state index in [4.69, 9.17) is 4.74 Å². The third-order valence-electron chi connectivity index (χ3n) is 3.12. The molecule has 116 valence electrons. The number of aromatic nitrogens is 4. The lowest BCUT2D eigenvalue weighted by molar-refractivity contribution is -0.0229. The minimum absolute atomic E-state index is 0.128. The van der Waals surface area contributed by atoms with E-state index >= 15 is 0 Å². The van der Waals surface area contributed by atoms with Crippen molar-refractivity contribution >= 4 is 11.2 Å². The van der Waals surface area contributed by atoms with Crippen LogP contribution in [-0.2, 0) is 25.4 Å². The van der Waals surface area contributed by atoms with E-state index in [1.165, 1.54) is 10.9 Å². The highest BCUT2D eigenvalue weighted by atomic mass is 16.5. The monoisotopic (exact) mass is 296 g/mol. The second kappa shape index (κ2) is 5.45. The molecule has 0 atom stereocenters. The summed E-state index contributed by atoms with van der Waals surface area (Å²) >= 11 is 0. The average Bonchev–Trinajstić information content (AvgIpc) is 2.76. The van der Waals surface area contributed by atoms with Crippen molar-refractivity contribution in [2.24, 2.45) is 14.1 Å². The van der Waals surface area contributed by atoms with Crippen LogP contribution in [0, 0.1) is 0 Å². The van der Waals surface area contributed by atoms with Crippen molar-refractivity contribution in [2.75, 3.05) is 13.2 Å². The predicted octanol–water partition coefficient (Wildman–Crippen LogP) is -0.779.